The Balaban J connectivity index is 1.63. The van der Waals surface area contributed by atoms with Crippen LogP contribution in [0.4, 0.5) is 5.82 Å². The molecule has 18 heavy (non-hydrogen) atoms. The van der Waals surface area contributed by atoms with E-state index in [9.17, 15) is 0 Å². The summed E-state index contributed by atoms with van der Waals surface area (Å²) in [5.74, 6) is 2.68. The smallest absolute Gasteiger partial charge is 0.135 e. The number of hydrogen-bond donors (Lipinski definition) is 0. The predicted octanol–water partition coefficient (Wildman–Crippen LogP) is 2.48. The summed E-state index contributed by atoms with van der Waals surface area (Å²) >= 11 is 3.51. The molecule has 1 aromatic heterocycles. The molecule has 2 aliphatic heterocycles. The minimum absolute atomic E-state index is 0.405. The average molecular weight is 310 g/mol. The Morgan fingerprint density at radius 2 is 1.83 bits per heavy atom. The molecule has 0 spiro atoms. The molecule has 4 rings (SSSR count). The van der Waals surface area contributed by atoms with Gasteiger partial charge in [0.2, 0.25) is 0 Å². The molecule has 5 heteroatoms. The zero-order valence-electron chi connectivity index (χ0n) is 10.2. The van der Waals surface area contributed by atoms with Crippen molar-refractivity contribution in [2.45, 2.75) is 43.8 Å². The second kappa shape index (κ2) is 4.17. The molecule has 1 aliphatic carbocycles. The largest absolute Gasteiger partial charge is 0.371 e. The van der Waals surface area contributed by atoms with Crippen LogP contribution in [0.15, 0.2) is 10.7 Å². The molecule has 4 nitrogen and oxygen atoms in total. The lowest BCUT2D eigenvalue weighted by molar-refractivity contribution is 0.0302. The van der Waals surface area contributed by atoms with E-state index in [2.05, 4.69) is 25.8 Å². The maximum atomic E-state index is 5.87. The minimum Gasteiger partial charge on any atom is -0.371 e. The van der Waals surface area contributed by atoms with E-state index in [0.717, 1.165) is 29.3 Å². The highest BCUT2D eigenvalue weighted by atomic mass is 79.9. The van der Waals surface area contributed by atoms with Gasteiger partial charge in [-0.1, -0.05) is 0 Å². The highest BCUT2D eigenvalue weighted by Crippen LogP contribution is 2.39. The number of morpholine rings is 1. The van der Waals surface area contributed by atoms with Crippen molar-refractivity contribution in [3.63, 3.8) is 0 Å². The quantitative estimate of drug-likeness (QED) is 0.787. The summed E-state index contributed by atoms with van der Waals surface area (Å²) in [5.41, 5.74) is 0. The summed E-state index contributed by atoms with van der Waals surface area (Å²) in [4.78, 5) is 11.6. The molecule has 2 unspecified atom stereocenters. The molecule has 3 aliphatic rings. The van der Waals surface area contributed by atoms with Crippen LogP contribution in [0.25, 0.3) is 0 Å². The van der Waals surface area contributed by atoms with Gasteiger partial charge in [-0.25, -0.2) is 9.97 Å². The first-order valence-corrected chi connectivity index (χ1v) is 7.52. The number of halogens is 1. The summed E-state index contributed by atoms with van der Waals surface area (Å²) in [6, 6.07) is 2.04. The summed E-state index contributed by atoms with van der Waals surface area (Å²) in [5, 5.41) is 0. The zero-order valence-corrected chi connectivity index (χ0v) is 11.8. The van der Waals surface area contributed by atoms with Gasteiger partial charge in [0.25, 0.3) is 0 Å². The van der Waals surface area contributed by atoms with Crippen LogP contribution in [-0.4, -0.2) is 35.3 Å². The van der Waals surface area contributed by atoms with E-state index in [1.165, 1.54) is 25.7 Å². The Morgan fingerprint density at radius 1 is 1.11 bits per heavy atom. The van der Waals surface area contributed by atoms with Crippen molar-refractivity contribution < 1.29 is 4.74 Å². The van der Waals surface area contributed by atoms with Crippen molar-refractivity contribution in [2.24, 2.45) is 0 Å². The molecule has 1 saturated carbocycles. The normalized spacial score (nSPS) is 30.8. The number of rotatable bonds is 2. The number of ether oxygens (including phenoxy) is 1. The van der Waals surface area contributed by atoms with Crippen molar-refractivity contribution in [3.05, 3.63) is 16.5 Å². The van der Waals surface area contributed by atoms with E-state index >= 15 is 0 Å². The first kappa shape index (κ1) is 11.2. The number of anilines is 1. The molecule has 2 atom stereocenters. The predicted molar refractivity (Wildman–Crippen MR) is 71.8 cm³/mol. The maximum Gasteiger partial charge on any atom is 0.135 e. The van der Waals surface area contributed by atoms with Crippen molar-refractivity contribution in [3.8, 4) is 0 Å². The highest BCUT2D eigenvalue weighted by Gasteiger charge is 2.35. The van der Waals surface area contributed by atoms with Crippen LogP contribution in [0.2, 0.25) is 0 Å². The topological polar surface area (TPSA) is 38.2 Å². The number of aromatic nitrogens is 2. The van der Waals surface area contributed by atoms with E-state index in [0.29, 0.717) is 18.1 Å². The van der Waals surface area contributed by atoms with Gasteiger partial charge in [0.05, 0.1) is 12.2 Å². The maximum absolute atomic E-state index is 5.87. The van der Waals surface area contributed by atoms with E-state index in [-0.39, 0.29) is 0 Å². The summed E-state index contributed by atoms with van der Waals surface area (Å²) in [7, 11) is 0. The van der Waals surface area contributed by atoms with Gasteiger partial charge in [-0.2, -0.15) is 0 Å². The molecular weight excluding hydrogens is 294 g/mol. The van der Waals surface area contributed by atoms with Crippen LogP contribution < -0.4 is 4.90 Å². The molecule has 2 saturated heterocycles. The fraction of sp³-hybridized carbons (Fsp3) is 0.692. The van der Waals surface area contributed by atoms with Gasteiger partial charge in [-0.05, 0) is 41.6 Å². The number of hydrogen-bond acceptors (Lipinski definition) is 4. The molecule has 0 amide bonds. The van der Waals surface area contributed by atoms with Crippen molar-refractivity contribution in [1.29, 1.82) is 0 Å². The Kier molecular flexibility index (Phi) is 2.59. The SMILES string of the molecule is Brc1cc(N2CC3CCC(C2)O3)nc(C2CC2)n1. The lowest BCUT2D eigenvalue weighted by atomic mass is 10.2. The van der Waals surface area contributed by atoms with E-state index in [1.54, 1.807) is 0 Å². The van der Waals surface area contributed by atoms with Crippen LogP contribution in [-0.2, 0) is 4.74 Å². The zero-order chi connectivity index (χ0) is 12.1. The lowest BCUT2D eigenvalue weighted by Gasteiger charge is -2.33. The van der Waals surface area contributed by atoms with Crippen LogP contribution in [0.5, 0.6) is 0 Å². The summed E-state index contributed by atoms with van der Waals surface area (Å²) < 4.78 is 6.78. The standard InChI is InChI=1S/C13H16BrN3O/c14-11-5-12(16-13(15-11)8-1-2-8)17-6-9-3-4-10(7-17)18-9/h5,8-10H,1-4,6-7H2. The first-order valence-electron chi connectivity index (χ1n) is 6.73. The van der Waals surface area contributed by atoms with E-state index in [1.807, 2.05) is 6.07 Å². The monoisotopic (exact) mass is 309 g/mol. The second-order valence-electron chi connectivity index (χ2n) is 5.54. The van der Waals surface area contributed by atoms with Gasteiger partial charge in [0, 0.05) is 25.1 Å². The van der Waals surface area contributed by atoms with Gasteiger partial charge in [0.1, 0.15) is 16.2 Å². The number of fused-ring (bicyclic) bond motifs is 2. The molecule has 0 aromatic carbocycles. The Bertz CT molecular complexity index is 465. The Labute approximate surface area is 115 Å². The third-order valence-corrected chi connectivity index (χ3v) is 4.41. The molecule has 2 bridgehead atoms. The summed E-state index contributed by atoms with van der Waals surface area (Å²) in [6.07, 6.45) is 5.68. The van der Waals surface area contributed by atoms with Crippen LogP contribution in [0.3, 0.4) is 0 Å². The molecule has 0 radical (unpaired) electrons. The van der Waals surface area contributed by atoms with Gasteiger partial charge < -0.3 is 9.64 Å². The van der Waals surface area contributed by atoms with Gasteiger partial charge >= 0.3 is 0 Å². The third kappa shape index (κ3) is 2.03. The molecular formula is C13H16BrN3O. The number of nitrogens with zero attached hydrogens (tertiary/aromatic N) is 3. The Hall–Kier alpha value is -0.680. The van der Waals surface area contributed by atoms with Crippen molar-refractivity contribution in [1.82, 2.24) is 9.97 Å². The molecule has 0 N–H and O–H groups in total. The Morgan fingerprint density at radius 3 is 2.50 bits per heavy atom. The first-order chi connectivity index (χ1) is 8.78. The molecule has 3 heterocycles. The fourth-order valence-electron chi connectivity index (χ4n) is 2.91. The second-order valence-corrected chi connectivity index (χ2v) is 6.36. The van der Waals surface area contributed by atoms with Crippen LogP contribution in [0, 0.1) is 0 Å². The van der Waals surface area contributed by atoms with Crippen molar-refractivity contribution in [2.75, 3.05) is 18.0 Å². The van der Waals surface area contributed by atoms with Gasteiger partial charge in [0.15, 0.2) is 0 Å². The van der Waals surface area contributed by atoms with Crippen LogP contribution in [0.1, 0.15) is 37.4 Å². The fourth-order valence-corrected chi connectivity index (χ4v) is 3.30. The molecule has 1 aromatic rings. The minimum atomic E-state index is 0.405. The summed E-state index contributed by atoms with van der Waals surface area (Å²) in [6.45, 7) is 1.95. The lowest BCUT2D eigenvalue weighted by Crippen LogP contribution is -2.43. The van der Waals surface area contributed by atoms with E-state index < -0.39 is 0 Å². The average Bonchev–Trinajstić information content (AvgIpc) is 3.15. The van der Waals surface area contributed by atoms with E-state index in [4.69, 9.17) is 9.72 Å². The third-order valence-electron chi connectivity index (χ3n) is 4.01. The van der Waals surface area contributed by atoms with Gasteiger partial charge in [-0.15, -0.1) is 0 Å². The highest BCUT2D eigenvalue weighted by molar-refractivity contribution is 9.10. The molecule has 96 valence electrons. The van der Waals surface area contributed by atoms with Gasteiger partial charge in [-0.3, -0.25) is 0 Å². The molecule has 3 fully saturated rings. The van der Waals surface area contributed by atoms with Crippen LogP contribution >= 0.6 is 15.9 Å². The van der Waals surface area contributed by atoms with Crippen molar-refractivity contribution >= 4 is 21.7 Å².